The summed E-state index contributed by atoms with van der Waals surface area (Å²) in [5.41, 5.74) is 0.214. The number of halogens is 1. The van der Waals surface area contributed by atoms with Crippen LogP contribution in [-0.2, 0) is 21.4 Å². The summed E-state index contributed by atoms with van der Waals surface area (Å²) in [6.45, 7) is -0.327. The van der Waals surface area contributed by atoms with E-state index in [4.69, 9.17) is 5.11 Å². The van der Waals surface area contributed by atoms with Crippen molar-refractivity contribution in [1.29, 1.82) is 0 Å². The first-order valence-electron chi connectivity index (χ1n) is 4.89. The molecule has 0 fully saturated rings. The highest BCUT2D eigenvalue weighted by atomic mass is 79.9. The van der Waals surface area contributed by atoms with Gasteiger partial charge in [-0.3, -0.25) is 14.2 Å². The summed E-state index contributed by atoms with van der Waals surface area (Å²) in [6, 6.07) is 3.10. The van der Waals surface area contributed by atoms with Crippen molar-refractivity contribution in [1.82, 2.24) is 9.78 Å². The molecule has 7 nitrogen and oxygen atoms in total. The van der Waals surface area contributed by atoms with Crippen molar-refractivity contribution in [3.05, 3.63) is 28.3 Å². The molecule has 2 aromatic heterocycles. The van der Waals surface area contributed by atoms with E-state index in [0.29, 0.717) is 3.79 Å². The molecule has 2 aromatic rings. The number of aromatic nitrogens is 2. The van der Waals surface area contributed by atoms with E-state index >= 15 is 0 Å². The Labute approximate surface area is 121 Å². The molecule has 0 aromatic carbocycles. The molecule has 2 rings (SSSR count). The normalized spacial score (nSPS) is 11.4. The minimum atomic E-state index is -3.67. The lowest BCUT2D eigenvalue weighted by Gasteiger charge is -2.02. The molecule has 0 aliphatic heterocycles. The van der Waals surface area contributed by atoms with Crippen LogP contribution in [0.4, 0.5) is 5.69 Å². The highest BCUT2D eigenvalue weighted by molar-refractivity contribution is 9.11. The number of rotatable bonds is 5. The van der Waals surface area contributed by atoms with Crippen LogP contribution in [0.25, 0.3) is 0 Å². The summed E-state index contributed by atoms with van der Waals surface area (Å²) >= 11 is 4.26. The SMILES string of the molecule is O=C(O)Cn1cc(NS(=O)(=O)c2ccc(Br)s2)cn1. The fourth-order valence-corrected chi connectivity index (χ4v) is 4.33. The first-order valence-corrected chi connectivity index (χ1v) is 7.98. The van der Waals surface area contributed by atoms with Crippen LogP contribution in [0.5, 0.6) is 0 Å². The molecule has 2 N–H and O–H groups in total. The maximum atomic E-state index is 12.0. The Morgan fingerprint density at radius 2 is 2.26 bits per heavy atom. The predicted octanol–water partition coefficient (Wildman–Crippen LogP) is 1.59. The van der Waals surface area contributed by atoms with Gasteiger partial charge in [0.1, 0.15) is 10.8 Å². The van der Waals surface area contributed by atoms with Crippen LogP contribution >= 0.6 is 27.3 Å². The number of nitrogens with one attached hydrogen (secondary N) is 1. The van der Waals surface area contributed by atoms with E-state index in [1.54, 1.807) is 6.07 Å². The third-order valence-corrected chi connectivity index (χ3v) is 5.49. The molecule has 102 valence electrons. The predicted molar refractivity (Wildman–Crippen MR) is 72.7 cm³/mol. The number of thiophene rings is 1. The summed E-state index contributed by atoms with van der Waals surface area (Å²) in [5, 5.41) is 12.3. The van der Waals surface area contributed by atoms with Crippen molar-refractivity contribution in [2.75, 3.05) is 4.72 Å². The third-order valence-electron chi connectivity index (χ3n) is 2.00. The fraction of sp³-hybridized carbons (Fsp3) is 0.111. The minimum absolute atomic E-state index is 0.158. The molecule has 0 radical (unpaired) electrons. The van der Waals surface area contributed by atoms with Crippen LogP contribution in [0.3, 0.4) is 0 Å². The molecule has 0 saturated heterocycles. The average molecular weight is 366 g/mol. The van der Waals surface area contributed by atoms with E-state index in [9.17, 15) is 13.2 Å². The van der Waals surface area contributed by atoms with Crippen LogP contribution in [-0.4, -0.2) is 29.3 Å². The number of carboxylic acids is 1. The van der Waals surface area contributed by atoms with Crippen molar-refractivity contribution < 1.29 is 18.3 Å². The van der Waals surface area contributed by atoms with Gasteiger partial charge in [-0.2, -0.15) is 5.10 Å². The summed E-state index contributed by atoms with van der Waals surface area (Å²) in [7, 11) is -3.67. The van der Waals surface area contributed by atoms with Gasteiger partial charge in [-0.05, 0) is 28.1 Å². The zero-order chi connectivity index (χ0) is 14.0. The maximum absolute atomic E-state index is 12.0. The molecule has 0 aliphatic carbocycles. The lowest BCUT2D eigenvalue weighted by molar-refractivity contribution is -0.137. The average Bonchev–Trinajstić information content (AvgIpc) is 2.87. The smallest absolute Gasteiger partial charge is 0.325 e. The second kappa shape index (κ2) is 5.31. The monoisotopic (exact) mass is 365 g/mol. The molecule has 0 atom stereocenters. The number of hydrogen-bond acceptors (Lipinski definition) is 5. The molecule has 19 heavy (non-hydrogen) atoms. The fourth-order valence-electron chi connectivity index (χ4n) is 1.29. The van der Waals surface area contributed by atoms with Gasteiger partial charge in [0.15, 0.2) is 0 Å². The van der Waals surface area contributed by atoms with Crippen molar-refractivity contribution in [3.63, 3.8) is 0 Å². The Hall–Kier alpha value is -1.39. The first-order chi connectivity index (χ1) is 8.87. The van der Waals surface area contributed by atoms with Gasteiger partial charge >= 0.3 is 5.97 Å². The molecule has 0 bridgehead atoms. The number of aliphatic carboxylic acids is 1. The molecule has 0 aliphatic rings. The van der Waals surface area contributed by atoms with Crippen molar-refractivity contribution in [3.8, 4) is 0 Å². The Kier molecular flexibility index (Phi) is 3.92. The van der Waals surface area contributed by atoms with Crippen LogP contribution in [0.1, 0.15) is 0 Å². The molecule has 0 unspecified atom stereocenters. The van der Waals surface area contributed by atoms with E-state index in [1.165, 1.54) is 18.5 Å². The second-order valence-corrected chi connectivity index (χ2v) is 7.86. The van der Waals surface area contributed by atoms with Crippen LogP contribution in [0, 0.1) is 0 Å². The first kappa shape index (κ1) is 14.0. The second-order valence-electron chi connectivity index (χ2n) is 3.48. The number of carbonyl (C=O) groups is 1. The molecule has 2 heterocycles. The minimum Gasteiger partial charge on any atom is -0.480 e. The van der Waals surface area contributed by atoms with E-state index in [1.807, 2.05) is 0 Å². The van der Waals surface area contributed by atoms with Crippen molar-refractivity contribution >= 4 is 48.9 Å². The third kappa shape index (κ3) is 3.55. The van der Waals surface area contributed by atoms with Crippen molar-refractivity contribution in [2.24, 2.45) is 0 Å². The summed E-state index contributed by atoms with van der Waals surface area (Å²) < 4.78 is 28.3. The van der Waals surface area contributed by atoms with Gasteiger partial charge in [0.25, 0.3) is 10.0 Å². The standard InChI is InChI=1S/C9H8BrN3O4S2/c10-7-1-2-9(18-7)19(16,17)12-6-3-11-13(4-6)5-8(14)15/h1-4,12H,5H2,(H,14,15). The molecular weight excluding hydrogens is 358 g/mol. The maximum Gasteiger partial charge on any atom is 0.325 e. The Bertz CT molecular complexity index is 707. The summed E-state index contributed by atoms with van der Waals surface area (Å²) in [4.78, 5) is 10.5. The number of hydrogen-bond donors (Lipinski definition) is 2. The number of carboxylic acid groups (broad SMARTS) is 1. The molecule has 10 heteroatoms. The summed E-state index contributed by atoms with van der Waals surface area (Å²) in [6.07, 6.45) is 2.57. The van der Waals surface area contributed by atoms with Crippen LogP contribution in [0.15, 0.2) is 32.5 Å². The highest BCUT2D eigenvalue weighted by Gasteiger charge is 2.17. The van der Waals surface area contributed by atoms with E-state index in [-0.39, 0.29) is 16.4 Å². The van der Waals surface area contributed by atoms with Gasteiger partial charge < -0.3 is 5.11 Å². The highest BCUT2D eigenvalue weighted by Crippen LogP contribution is 2.27. The molecule has 0 spiro atoms. The largest absolute Gasteiger partial charge is 0.480 e. The van der Waals surface area contributed by atoms with E-state index < -0.39 is 16.0 Å². The van der Waals surface area contributed by atoms with Gasteiger partial charge in [0.05, 0.1) is 15.7 Å². The lowest BCUT2D eigenvalue weighted by Crippen LogP contribution is -2.11. The van der Waals surface area contributed by atoms with Gasteiger partial charge in [-0.25, -0.2) is 8.42 Å². The number of sulfonamides is 1. The van der Waals surface area contributed by atoms with Gasteiger partial charge in [-0.15, -0.1) is 11.3 Å². The Morgan fingerprint density at radius 1 is 1.53 bits per heavy atom. The molecular formula is C9H8BrN3O4S2. The topological polar surface area (TPSA) is 101 Å². The van der Waals surface area contributed by atoms with Crippen LogP contribution < -0.4 is 4.72 Å². The van der Waals surface area contributed by atoms with Crippen LogP contribution in [0.2, 0.25) is 0 Å². The quantitative estimate of drug-likeness (QED) is 0.837. The van der Waals surface area contributed by atoms with E-state index in [0.717, 1.165) is 16.0 Å². The molecule has 0 amide bonds. The van der Waals surface area contributed by atoms with Gasteiger partial charge in [0.2, 0.25) is 0 Å². The van der Waals surface area contributed by atoms with Crippen molar-refractivity contribution in [2.45, 2.75) is 10.8 Å². The Balaban J connectivity index is 2.16. The number of nitrogens with zero attached hydrogens (tertiary/aromatic N) is 2. The Morgan fingerprint density at radius 3 is 2.84 bits per heavy atom. The summed E-state index contributed by atoms with van der Waals surface area (Å²) in [5.74, 6) is -1.06. The molecule has 0 saturated carbocycles. The zero-order valence-corrected chi connectivity index (χ0v) is 12.5. The zero-order valence-electron chi connectivity index (χ0n) is 9.28. The number of anilines is 1. The van der Waals surface area contributed by atoms with E-state index in [2.05, 4.69) is 25.8 Å². The van der Waals surface area contributed by atoms with Gasteiger partial charge in [0, 0.05) is 6.20 Å². The van der Waals surface area contributed by atoms with Gasteiger partial charge in [-0.1, -0.05) is 0 Å². The lowest BCUT2D eigenvalue weighted by atomic mass is 10.6.